The van der Waals surface area contributed by atoms with Gasteiger partial charge in [-0.15, -0.1) is 0 Å². The highest BCUT2D eigenvalue weighted by Gasteiger charge is 2.39. The van der Waals surface area contributed by atoms with Crippen LogP contribution < -0.4 is 9.80 Å². The summed E-state index contributed by atoms with van der Waals surface area (Å²) in [6.07, 6.45) is 0.853. The van der Waals surface area contributed by atoms with E-state index in [2.05, 4.69) is 17.0 Å². The number of anilines is 2. The zero-order valence-electron chi connectivity index (χ0n) is 15.1. The molecule has 2 aromatic carbocycles. The van der Waals surface area contributed by atoms with Crippen molar-refractivity contribution in [2.75, 3.05) is 36.0 Å². The molecule has 0 aliphatic carbocycles. The molecule has 6 heteroatoms. The Balaban J connectivity index is 1.44. The van der Waals surface area contributed by atoms with Gasteiger partial charge in [-0.1, -0.05) is 18.2 Å². The van der Waals surface area contributed by atoms with Crippen molar-refractivity contribution in [1.29, 1.82) is 0 Å². The Morgan fingerprint density at radius 2 is 1.56 bits per heavy atom. The SMILES string of the molecule is O=C(C1CCC(=O)N1c1ccc(F)cc1)N1CCN(c2ccccc2)CC1. The predicted octanol–water partition coefficient (Wildman–Crippen LogP) is 2.67. The largest absolute Gasteiger partial charge is 0.368 e. The Bertz CT molecular complexity index is 817. The predicted molar refractivity (Wildman–Crippen MR) is 102 cm³/mol. The molecule has 2 fully saturated rings. The van der Waals surface area contributed by atoms with Crippen molar-refractivity contribution < 1.29 is 14.0 Å². The summed E-state index contributed by atoms with van der Waals surface area (Å²) in [6, 6.07) is 15.4. The fourth-order valence-corrected chi connectivity index (χ4v) is 3.88. The van der Waals surface area contributed by atoms with Crippen LogP contribution in [0.4, 0.5) is 15.8 Å². The second kappa shape index (κ2) is 7.39. The molecule has 2 aromatic rings. The van der Waals surface area contributed by atoms with Crippen molar-refractivity contribution in [1.82, 2.24) is 4.90 Å². The van der Waals surface area contributed by atoms with Gasteiger partial charge in [-0.3, -0.25) is 14.5 Å². The fraction of sp³-hybridized carbons (Fsp3) is 0.333. The van der Waals surface area contributed by atoms with Gasteiger partial charge in [0.15, 0.2) is 0 Å². The van der Waals surface area contributed by atoms with Crippen LogP contribution in [0.15, 0.2) is 54.6 Å². The van der Waals surface area contributed by atoms with E-state index < -0.39 is 6.04 Å². The Kier molecular flexibility index (Phi) is 4.79. The topological polar surface area (TPSA) is 43.9 Å². The van der Waals surface area contributed by atoms with Crippen molar-refractivity contribution in [3.8, 4) is 0 Å². The standard InChI is InChI=1S/C21H22FN3O2/c22-16-6-8-18(9-7-16)25-19(10-11-20(25)26)21(27)24-14-12-23(13-15-24)17-4-2-1-3-5-17/h1-9,19H,10-15H2. The Morgan fingerprint density at radius 1 is 0.889 bits per heavy atom. The van der Waals surface area contributed by atoms with Gasteiger partial charge in [-0.2, -0.15) is 0 Å². The first-order valence-electron chi connectivity index (χ1n) is 9.30. The maximum Gasteiger partial charge on any atom is 0.245 e. The number of nitrogens with zero attached hydrogens (tertiary/aromatic N) is 3. The molecular formula is C21H22FN3O2. The first-order chi connectivity index (χ1) is 13.1. The van der Waals surface area contributed by atoms with Gasteiger partial charge in [-0.25, -0.2) is 4.39 Å². The molecule has 2 aliphatic rings. The molecule has 5 nitrogen and oxygen atoms in total. The third-order valence-electron chi connectivity index (χ3n) is 5.31. The van der Waals surface area contributed by atoms with Gasteiger partial charge in [0.1, 0.15) is 11.9 Å². The van der Waals surface area contributed by atoms with Crippen molar-refractivity contribution in [2.45, 2.75) is 18.9 Å². The van der Waals surface area contributed by atoms with E-state index in [0.717, 1.165) is 18.8 Å². The van der Waals surface area contributed by atoms with Crippen molar-refractivity contribution >= 4 is 23.2 Å². The van der Waals surface area contributed by atoms with E-state index in [4.69, 9.17) is 0 Å². The van der Waals surface area contributed by atoms with E-state index in [1.165, 1.54) is 17.0 Å². The number of amides is 2. The van der Waals surface area contributed by atoms with Gasteiger partial charge in [0.2, 0.25) is 11.8 Å². The summed E-state index contributed by atoms with van der Waals surface area (Å²) >= 11 is 0. The van der Waals surface area contributed by atoms with Gasteiger partial charge in [0.25, 0.3) is 0 Å². The minimum atomic E-state index is -0.494. The van der Waals surface area contributed by atoms with Crippen LogP contribution >= 0.6 is 0 Å². The Hall–Kier alpha value is -2.89. The van der Waals surface area contributed by atoms with Crippen LogP contribution in [-0.4, -0.2) is 48.9 Å². The van der Waals surface area contributed by atoms with Gasteiger partial charge in [0.05, 0.1) is 0 Å². The summed E-state index contributed by atoms with van der Waals surface area (Å²) in [5.74, 6) is -0.453. The van der Waals surface area contributed by atoms with E-state index in [1.54, 1.807) is 12.1 Å². The minimum Gasteiger partial charge on any atom is -0.368 e. The zero-order valence-corrected chi connectivity index (χ0v) is 15.1. The number of hydrogen-bond acceptors (Lipinski definition) is 3. The molecule has 2 heterocycles. The molecule has 0 saturated carbocycles. The van der Waals surface area contributed by atoms with E-state index in [1.807, 2.05) is 23.1 Å². The lowest BCUT2D eigenvalue weighted by atomic mass is 10.1. The van der Waals surface area contributed by atoms with Crippen molar-refractivity contribution in [2.24, 2.45) is 0 Å². The van der Waals surface area contributed by atoms with Crippen LogP contribution in [0.25, 0.3) is 0 Å². The third kappa shape index (κ3) is 3.52. The molecule has 1 unspecified atom stereocenters. The van der Waals surface area contributed by atoms with E-state index >= 15 is 0 Å². The smallest absolute Gasteiger partial charge is 0.245 e. The minimum absolute atomic E-state index is 0.0158. The highest BCUT2D eigenvalue weighted by Crippen LogP contribution is 2.28. The molecular weight excluding hydrogens is 345 g/mol. The molecule has 0 N–H and O–H groups in total. The van der Waals surface area contributed by atoms with Crippen molar-refractivity contribution in [3.63, 3.8) is 0 Å². The molecule has 0 radical (unpaired) electrons. The number of rotatable bonds is 3. The fourth-order valence-electron chi connectivity index (χ4n) is 3.88. The number of para-hydroxylation sites is 1. The van der Waals surface area contributed by atoms with Gasteiger partial charge in [0, 0.05) is 44.0 Å². The van der Waals surface area contributed by atoms with Crippen LogP contribution in [0.2, 0.25) is 0 Å². The lowest BCUT2D eigenvalue weighted by Gasteiger charge is -2.38. The van der Waals surface area contributed by atoms with Crippen LogP contribution in [0.5, 0.6) is 0 Å². The molecule has 0 spiro atoms. The molecule has 0 bridgehead atoms. The van der Waals surface area contributed by atoms with Crippen LogP contribution in [0.3, 0.4) is 0 Å². The maximum absolute atomic E-state index is 13.2. The van der Waals surface area contributed by atoms with E-state index in [0.29, 0.717) is 31.6 Å². The summed E-state index contributed by atoms with van der Waals surface area (Å²) in [7, 11) is 0. The Labute approximate surface area is 158 Å². The summed E-state index contributed by atoms with van der Waals surface area (Å²) in [5, 5.41) is 0. The third-order valence-corrected chi connectivity index (χ3v) is 5.31. The van der Waals surface area contributed by atoms with E-state index in [9.17, 15) is 14.0 Å². The number of benzene rings is 2. The zero-order chi connectivity index (χ0) is 18.8. The molecule has 27 heavy (non-hydrogen) atoms. The lowest BCUT2D eigenvalue weighted by molar-refractivity contribution is -0.133. The van der Waals surface area contributed by atoms with Crippen LogP contribution in [-0.2, 0) is 9.59 Å². The Morgan fingerprint density at radius 3 is 2.22 bits per heavy atom. The monoisotopic (exact) mass is 367 g/mol. The quantitative estimate of drug-likeness (QED) is 0.838. The summed E-state index contributed by atoms with van der Waals surface area (Å²) in [6.45, 7) is 2.81. The first-order valence-corrected chi connectivity index (χ1v) is 9.30. The number of piperazine rings is 1. The van der Waals surface area contributed by atoms with Gasteiger partial charge in [-0.05, 0) is 42.8 Å². The first kappa shape index (κ1) is 17.5. The normalized spacial score (nSPS) is 20.3. The van der Waals surface area contributed by atoms with Crippen LogP contribution in [0, 0.1) is 5.82 Å². The average molecular weight is 367 g/mol. The van der Waals surface area contributed by atoms with E-state index in [-0.39, 0.29) is 17.6 Å². The molecule has 0 aromatic heterocycles. The molecule has 4 rings (SSSR count). The van der Waals surface area contributed by atoms with Crippen LogP contribution in [0.1, 0.15) is 12.8 Å². The maximum atomic E-state index is 13.2. The lowest BCUT2D eigenvalue weighted by Crippen LogP contribution is -2.54. The second-order valence-electron chi connectivity index (χ2n) is 6.94. The van der Waals surface area contributed by atoms with Crippen molar-refractivity contribution in [3.05, 3.63) is 60.4 Å². The number of carbonyl (C=O) groups excluding carboxylic acids is 2. The number of carbonyl (C=O) groups is 2. The molecule has 2 aliphatic heterocycles. The molecule has 2 saturated heterocycles. The molecule has 2 amide bonds. The second-order valence-corrected chi connectivity index (χ2v) is 6.94. The summed E-state index contributed by atoms with van der Waals surface area (Å²) in [4.78, 5) is 31.1. The van der Waals surface area contributed by atoms with Gasteiger partial charge < -0.3 is 9.80 Å². The number of hydrogen-bond donors (Lipinski definition) is 0. The van der Waals surface area contributed by atoms with Gasteiger partial charge >= 0.3 is 0 Å². The number of halogens is 1. The molecule has 140 valence electrons. The highest BCUT2D eigenvalue weighted by molar-refractivity contribution is 6.03. The highest BCUT2D eigenvalue weighted by atomic mass is 19.1. The summed E-state index contributed by atoms with van der Waals surface area (Å²) in [5.41, 5.74) is 1.74. The summed E-state index contributed by atoms with van der Waals surface area (Å²) < 4.78 is 13.2. The average Bonchev–Trinajstić information content (AvgIpc) is 3.10. The molecule has 1 atom stereocenters.